The normalized spacial score (nSPS) is 16.6. The Hall–Kier alpha value is -1.80. The fraction of sp³-hybridized carbons (Fsp3) is 0.385. The maximum absolute atomic E-state index is 13.7. The average molecular weight is 337 g/mol. The van der Waals surface area contributed by atoms with Crippen molar-refractivity contribution in [1.82, 2.24) is 10.9 Å². The summed E-state index contributed by atoms with van der Waals surface area (Å²) in [7, 11) is 0. The average Bonchev–Trinajstić information content (AvgIpc) is 2.41. The summed E-state index contributed by atoms with van der Waals surface area (Å²) >= 11 is 5.51. The Kier molecular flexibility index (Phi) is 4.35. The molecule has 2 amide bonds. The van der Waals surface area contributed by atoms with E-state index < -0.39 is 34.7 Å². The van der Waals surface area contributed by atoms with Gasteiger partial charge in [-0.3, -0.25) is 20.4 Å². The van der Waals surface area contributed by atoms with Crippen molar-refractivity contribution >= 4 is 23.4 Å². The maximum atomic E-state index is 13.7. The smallest absolute Gasteiger partial charge is 0.354 e. The van der Waals surface area contributed by atoms with Crippen LogP contribution >= 0.6 is 11.6 Å². The fourth-order valence-electron chi connectivity index (χ4n) is 1.97. The Bertz CT molecular complexity index is 621. The van der Waals surface area contributed by atoms with Gasteiger partial charge in [0, 0.05) is 5.02 Å². The van der Waals surface area contributed by atoms with E-state index in [1.165, 1.54) is 11.5 Å². The van der Waals surface area contributed by atoms with E-state index in [2.05, 4.69) is 0 Å². The van der Waals surface area contributed by atoms with Crippen molar-refractivity contribution < 1.29 is 27.9 Å². The summed E-state index contributed by atoms with van der Waals surface area (Å²) in [5.74, 6) is -8.02. The van der Waals surface area contributed by atoms with Crippen molar-refractivity contribution in [3.8, 4) is 0 Å². The molecule has 0 heterocycles. The van der Waals surface area contributed by atoms with Crippen LogP contribution in [0.25, 0.3) is 0 Å². The first-order valence-electron chi connectivity index (χ1n) is 6.33. The standard InChI is InChI=1S/C13H12ClF3N2O3/c14-7-2-3-8(9(15)6-7)10(20)18-19-11(21)13(16,17)12(22)4-1-5-12/h2-3,6,22H,1,4-5H2,(H,18,20)(H,19,21). The van der Waals surface area contributed by atoms with E-state index in [1.54, 1.807) is 5.43 Å². The molecule has 1 aliphatic rings. The number of hydrogen-bond acceptors (Lipinski definition) is 3. The number of halogens is 4. The van der Waals surface area contributed by atoms with Gasteiger partial charge in [-0.15, -0.1) is 0 Å². The zero-order valence-electron chi connectivity index (χ0n) is 11.1. The van der Waals surface area contributed by atoms with Gasteiger partial charge >= 0.3 is 11.8 Å². The molecule has 0 radical (unpaired) electrons. The molecule has 0 aromatic heterocycles. The Morgan fingerprint density at radius 1 is 1.27 bits per heavy atom. The first-order valence-corrected chi connectivity index (χ1v) is 6.71. The second kappa shape index (κ2) is 5.77. The highest BCUT2D eigenvalue weighted by atomic mass is 35.5. The van der Waals surface area contributed by atoms with E-state index in [0.717, 1.165) is 12.1 Å². The van der Waals surface area contributed by atoms with Crippen LogP contribution in [-0.2, 0) is 4.79 Å². The summed E-state index contributed by atoms with van der Waals surface area (Å²) < 4.78 is 40.9. The SMILES string of the molecule is O=C(NNC(=O)C(F)(F)C1(O)CCC1)c1ccc(Cl)cc1F. The highest BCUT2D eigenvalue weighted by Crippen LogP contribution is 2.44. The number of hydrazine groups is 1. The second-order valence-electron chi connectivity index (χ2n) is 4.99. The Labute approximate surface area is 128 Å². The van der Waals surface area contributed by atoms with Crippen LogP contribution in [0.15, 0.2) is 18.2 Å². The van der Waals surface area contributed by atoms with Crippen molar-refractivity contribution in [1.29, 1.82) is 0 Å². The van der Waals surface area contributed by atoms with Gasteiger partial charge in [-0.2, -0.15) is 8.78 Å². The molecular formula is C13H12ClF3N2O3. The van der Waals surface area contributed by atoms with Crippen LogP contribution in [0.1, 0.15) is 29.6 Å². The molecule has 2 rings (SSSR count). The molecule has 1 saturated carbocycles. The number of nitrogens with one attached hydrogen (secondary N) is 2. The number of alkyl halides is 2. The minimum absolute atomic E-state index is 0.0526. The highest BCUT2D eigenvalue weighted by Gasteiger charge is 2.61. The molecule has 0 atom stereocenters. The van der Waals surface area contributed by atoms with E-state index in [9.17, 15) is 27.9 Å². The van der Waals surface area contributed by atoms with Gasteiger partial charge in [0.25, 0.3) is 5.91 Å². The predicted octanol–water partition coefficient (Wildman–Crippen LogP) is 1.79. The molecule has 0 saturated heterocycles. The van der Waals surface area contributed by atoms with Crippen LogP contribution in [-0.4, -0.2) is 28.4 Å². The van der Waals surface area contributed by atoms with Crippen LogP contribution in [0.4, 0.5) is 13.2 Å². The quantitative estimate of drug-likeness (QED) is 0.736. The molecule has 0 bridgehead atoms. The van der Waals surface area contributed by atoms with Crippen LogP contribution < -0.4 is 10.9 Å². The van der Waals surface area contributed by atoms with Gasteiger partial charge < -0.3 is 5.11 Å². The lowest BCUT2D eigenvalue weighted by molar-refractivity contribution is -0.216. The summed E-state index contributed by atoms with van der Waals surface area (Å²) in [5, 5.41) is 9.62. The van der Waals surface area contributed by atoms with Crippen LogP contribution in [0.5, 0.6) is 0 Å². The summed E-state index contributed by atoms with van der Waals surface area (Å²) in [6.45, 7) is 0. The van der Waals surface area contributed by atoms with E-state index in [4.69, 9.17) is 11.6 Å². The third kappa shape index (κ3) is 2.89. The lowest BCUT2D eigenvalue weighted by atomic mass is 9.75. The van der Waals surface area contributed by atoms with Crippen molar-refractivity contribution in [3.63, 3.8) is 0 Å². The fourth-order valence-corrected chi connectivity index (χ4v) is 2.13. The van der Waals surface area contributed by atoms with Crippen LogP contribution in [0, 0.1) is 5.82 Å². The van der Waals surface area contributed by atoms with E-state index in [-0.39, 0.29) is 17.9 Å². The first kappa shape index (κ1) is 16.6. The Morgan fingerprint density at radius 2 is 1.91 bits per heavy atom. The number of rotatable bonds is 3. The third-order valence-electron chi connectivity index (χ3n) is 3.52. The molecule has 0 spiro atoms. The number of carbonyl (C=O) groups is 2. The molecule has 1 fully saturated rings. The minimum Gasteiger partial charge on any atom is -0.383 e. The lowest BCUT2D eigenvalue weighted by Gasteiger charge is -2.41. The zero-order valence-corrected chi connectivity index (χ0v) is 11.9. The van der Waals surface area contributed by atoms with Gasteiger partial charge in [-0.25, -0.2) is 4.39 Å². The molecule has 9 heteroatoms. The zero-order chi connectivity index (χ0) is 16.5. The molecule has 3 N–H and O–H groups in total. The third-order valence-corrected chi connectivity index (χ3v) is 3.75. The Balaban J connectivity index is 2.00. The summed E-state index contributed by atoms with van der Waals surface area (Å²) in [5.41, 5.74) is 0.276. The maximum Gasteiger partial charge on any atom is 0.354 e. The molecular weight excluding hydrogens is 325 g/mol. The Morgan fingerprint density at radius 3 is 2.41 bits per heavy atom. The van der Waals surface area contributed by atoms with Gasteiger partial charge in [-0.1, -0.05) is 11.6 Å². The lowest BCUT2D eigenvalue weighted by Crippen LogP contribution is -2.62. The molecule has 0 aliphatic heterocycles. The van der Waals surface area contributed by atoms with Gasteiger partial charge in [0.1, 0.15) is 11.4 Å². The van der Waals surface area contributed by atoms with E-state index in [1.807, 2.05) is 0 Å². The number of amides is 2. The summed E-state index contributed by atoms with van der Waals surface area (Å²) in [4.78, 5) is 23.1. The van der Waals surface area contributed by atoms with Crippen molar-refractivity contribution in [2.24, 2.45) is 0 Å². The van der Waals surface area contributed by atoms with Gasteiger partial charge in [0.2, 0.25) is 0 Å². The molecule has 120 valence electrons. The van der Waals surface area contributed by atoms with Gasteiger partial charge in [-0.05, 0) is 37.5 Å². The number of hydrogen-bond donors (Lipinski definition) is 3. The van der Waals surface area contributed by atoms with Crippen LogP contribution in [0.2, 0.25) is 5.02 Å². The van der Waals surface area contributed by atoms with Gasteiger partial charge in [0.05, 0.1) is 5.56 Å². The second-order valence-corrected chi connectivity index (χ2v) is 5.43. The number of aliphatic hydroxyl groups is 1. The minimum atomic E-state index is -4.06. The largest absolute Gasteiger partial charge is 0.383 e. The highest BCUT2D eigenvalue weighted by molar-refractivity contribution is 6.30. The number of carbonyl (C=O) groups excluding carboxylic acids is 2. The van der Waals surface area contributed by atoms with Crippen molar-refractivity contribution in [3.05, 3.63) is 34.6 Å². The first-order chi connectivity index (χ1) is 10.2. The molecule has 5 nitrogen and oxygen atoms in total. The summed E-state index contributed by atoms with van der Waals surface area (Å²) in [6.07, 6.45) is -0.0535. The topological polar surface area (TPSA) is 78.4 Å². The van der Waals surface area contributed by atoms with Gasteiger partial charge in [0.15, 0.2) is 0 Å². The van der Waals surface area contributed by atoms with E-state index >= 15 is 0 Å². The molecule has 0 unspecified atom stereocenters. The number of benzene rings is 1. The van der Waals surface area contributed by atoms with Crippen molar-refractivity contribution in [2.75, 3.05) is 0 Å². The molecule has 22 heavy (non-hydrogen) atoms. The predicted molar refractivity (Wildman–Crippen MR) is 70.8 cm³/mol. The van der Waals surface area contributed by atoms with Crippen LogP contribution in [0.3, 0.4) is 0 Å². The van der Waals surface area contributed by atoms with E-state index in [0.29, 0.717) is 6.42 Å². The monoisotopic (exact) mass is 336 g/mol. The molecule has 1 aromatic rings. The van der Waals surface area contributed by atoms with Crippen molar-refractivity contribution in [2.45, 2.75) is 30.8 Å². The molecule has 1 aromatic carbocycles. The summed E-state index contributed by atoms with van der Waals surface area (Å²) in [6, 6.07) is 3.13. The molecule has 1 aliphatic carbocycles.